The Kier molecular flexibility index (Phi) is 18.4. The van der Waals surface area contributed by atoms with E-state index >= 15 is 0 Å². The molecule has 0 aromatic heterocycles. The number of allylic oxidation sites excluding steroid dienone is 6. The molecule has 16 heavy (non-hydrogen) atoms. The van der Waals surface area contributed by atoms with Crippen LogP contribution in [0.2, 0.25) is 0 Å². The largest absolute Gasteiger partial charge is 0.147 e. The fourth-order valence-electron chi connectivity index (χ4n) is 1.44. The second kappa shape index (κ2) is 14.3. The maximum Gasteiger partial charge on any atom is -0.0135 e. The quantitative estimate of drug-likeness (QED) is 0.511. The Bertz CT molecular complexity index is 199. The lowest BCUT2D eigenvalue weighted by atomic mass is 9.97. The van der Waals surface area contributed by atoms with E-state index in [9.17, 15) is 0 Å². The van der Waals surface area contributed by atoms with Crippen LogP contribution in [0.5, 0.6) is 0 Å². The zero-order chi connectivity index (χ0) is 10.8. The molecule has 0 fully saturated rings. The summed E-state index contributed by atoms with van der Waals surface area (Å²) in [6.07, 6.45) is 11.5. The molecule has 0 unspecified atom stereocenters. The minimum absolute atomic E-state index is 0. The van der Waals surface area contributed by atoms with Gasteiger partial charge < -0.3 is 0 Å². The third kappa shape index (κ3) is 8.58. The first-order chi connectivity index (χ1) is 6.79. The minimum Gasteiger partial charge on any atom is -0.147 e. The molecule has 0 rings (SSSR count). The first kappa shape index (κ1) is 20.7. The Morgan fingerprint density at radius 1 is 0.562 bits per heavy atom. The van der Waals surface area contributed by atoms with Crippen LogP contribution >= 0.6 is 24.8 Å². The molecule has 0 aliphatic rings. The summed E-state index contributed by atoms with van der Waals surface area (Å²) in [5.74, 6) is 0. The van der Waals surface area contributed by atoms with Crippen molar-refractivity contribution in [1.29, 1.82) is 0 Å². The molecule has 0 aromatic carbocycles. The lowest BCUT2D eigenvalue weighted by Crippen LogP contribution is -1.90. The second-order valence-electron chi connectivity index (χ2n) is 3.18. The molecule has 0 heterocycles. The SMILES string of the molecule is C=CCC(CC=C)=C(CC=C)CC=C.Cl.Cl. The first-order valence-corrected chi connectivity index (χ1v) is 4.93. The van der Waals surface area contributed by atoms with Gasteiger partial charge in [0.2, 0.25) is 0 Å². The molecule has 0 amide bonds. The van der Waals surface area contributed by atoms with Crippen molar-refractivity contribution in [2.45, 2.75) is 25.7 Å². The average Bonchev–Trinajstić information content (AvgIpc) is 2.17. The van der Waals surface area contributed by atoms with Crippen molar-refractivity contribution < 1.29 is 0 Å². The van der Waals surface area contributed by atoms with Crippen LogP contribution in [0.25, 0.3) is 0 Å². The summed E-state index contributed by atoms with van der Waals surface area (Å²) < 4.78 is 0. The molecule has 0 spiro atoms. The van der Waals surface area contributed by atoms with Gasteiger partial charge in [0.25, 0.3) is 0 Å². The van der Waals surface area contributed by atoms with E-state index in [4.69, 9.17) is 0 Å². The van der Waals surface area contributed by atoms with Crippen LogP contribution in [0.15, 0.2) is 61.8 Å². The molecule has 0 saturated carbocycles. The Morgan fingerprint density at radius 3 is 0.875 bits per heavy atom. The smallest absolute Gasteiger partial charge is 0.0135 e. The molecule has 0 aromatic rings. The third-order valence-corrected chi connectivity index (χ3v) is 2.06. The highest BCUT2D eigenvalue weighted by Gasteiger charge is 2.01. The highest BCUT2D eigenvalue weighted by molar-refractivity contribution is 5.85. The molecule has 0 aliphatic heterocycles. The molecular formula is C14H22Cl2. The predicted molar refractivity (Wildman–Crippen MR) is 80.8 cm³/mol. The van der Waals surface area contributed by atoms with Crippen LogP contribution in [0.1, 0.15) is 25.7 Å². The Morgan fingerprint density at radius 2 is 0.750 bits per heavy atom. The van der Waals surface area contributed by atoms with E-state index in [1.165, 1.54) is 11.1 Å². The molecule has 0 nitrogen and oxygen atoms in total. The molecule has 2 heteroatoms. The van der Waals surface area contributed by atoms with E-state index in [1.807, 2.05) is 24.3 Å². The van der Waals surface area contributed by atoms with Crippen LogP contribution in [0.3, 0.4) is 0 Å². The molecule has 0 bridgehead atoms. The van der Waals surface area contributed by atoms with Crippen LogP contribution in [0.4, 0.5) is 0 Å². The molecule has 92 valence electrons. The standard InChI is InChI=1S/C14H20.2ClH/c1-5-9-13(10-6-2)14(11-7-3)12-8-4;;/h5-8H,1-4,9-12H2;2*1H. The van der Waals surface area contributed by atoms with Gasteiger partial charge in [-0.25, -0.2) is 0 Å². The van der Waals surface area contributed by atoms with Gasteiger partial charge in [-0.05, 0) is 25.7 Å². The van der Waals surface area contributed by atoms with Crippen molar-refractivity contribution in [3.05, 3.63) is 61.8 Å². The van der Waals surface area contributed by atoms with Gasteiger partial charge >= 0.3 is 0 Å². The molecule has 0 radical (unpaired) electrons. The summed E-state index contributed by atoms with van der Waals surface area (Å²) in [7, 11) is 0. The topological polar surface area (TPSA) is 0 Å². The second-order valence-corrected chi connectivity index (χ2v) is 3.18. The van der Waals surface area contributed by atoms with E-state index < -0.39 is 0 Å². The summed E-state index contributed by atoms with van der Waals surface area (Å²) in [6, 6.07) is 0. The van der Waals surface area contributed by atoms with Crippen molar-refractivity contribution in [1.82, 2.24) is 0 Å². The Hall–Kier alpha value is -0.720. The van der Waals surface area contributed by atoms with Crippen molar-refractivity contribution in [2.24, 2.45) is 0 Å². The van der Waals surface area contributed by atoms with Gasteiger partial charge in [0.15, 0.2) is 0 Å². The van der Waals surface area contributed by atoms with E-state index in [0.717, 1.165) is 25.7 Å². The fourth-order valence-corrected chi connectivity index (χ4v) is 1.44. The zero-order valence-corrected chi connectivity index (χ0v) is 11.4. The third-order valence-electron chi connectivity index (χ3n) is 2.06. The highest BCUT2D eigenvalue weighted by atomic mass is 35.5. The normalized spacial score (nSPS) is 7.75. The molecule has 0 saturated heterocycles. The Labute approximate surface area is 112 Å². The predicted octanol–water partition coefficient (Wildman–Crippen LogP) is 5.43. The van der Waals surface area contributed by atoms with E-state index in [0.29, 0.717) is 0 Å². The van der Waals surface area contributed by atoms with E-state index in [2.05, 4.69) is 26.3 Å². The Balaban J connectivity index is -0.000000845. The van der Waals surface area contributed by atoms with Crippen LogP contribution in [-0.4, -0.2) is 0 Å². The summed E-state index contributed by atoms with van der Waals surface area (Å²) in [4.78, 5) is 0. The van der Waals surface area contributed by atoms with E-state index in [-0.39, 0.29) is 24.8 Å². The van der Waals surface area contributed by atoms with Gasteiger partial charge in [-0.2, -0.15) is 0 Å². The molecule has 0 N–H and O–H groups in total. The molecule has 0 aliphatic carbocycles. The number of halogens is 2. The fraction of sp³-hybridized carbons (Fsp3) is 0.286. The first-order valence-electron chi connectivity index (χ1n) is 4.93. The molecular weight excluding hydrogens is 239 g/mol. The maximum absolute atomic E-state index is 3.77. The minimum atomic E-state index is 0. The van der Waals surface area contributed by atoms with Gasteiger partial charge in [-0.3, -0.25) is 0 Å². The summed E-state index contributed by atoms with van der Waals surface area (Å²) in [5.41, 5.74) is 2.80. The number of hydrogen-bond donors (Lipinski definition) is 0. The van der Waals surface area contributed by atoms with E-state index in [1.54, 1.807) is 0 Å². The van der Waals surface area contributed by atoms with Crippen LogP contribution in [0, 0.1) is 0 Å². The van der Waals surface area contributed by atoms with Gasteiger partial charge in [-0.1, -0.05) is 35.5 Å². The lowest BCUT2D eigenvalue weighted by molar-refractivity contribution is 0.981. The summed E-state index contributed by atoms with van der Waals surface area (Å²) >= 11 is 0. The highest BCUT2D eigenvalue weighted by Crippen LogP contribution is 2.20. The van der Waals surface area contributed by atoms with Crippen molar-refractivity contribution in [3.63, 3.8) is 0 Å². The summed E-state index contributed by atoms with van der Waals surface area (Å²) in [6.45, 7) is 15.1. The van der Waals surface area contributed by atoms with Gasteiger partial charge in [-0.15, -0.1) is 51.1 Å². The summed E-state index contributed by atoms with van der Waals surface area (Å²) in [5, 5.41) is 0. The van der Waals surface area contributed by atoms with Gasteiger partial charge in [0.1, 0.15) is 0 Å². The monoisotopic (exact) mass is 260 g/mol. The molecule has 0 atom stereocenters. The number of rotatable bonds is 8. The van der Waals surface area contributed by atoms with Crippen molar-refractivity contribution in [3.8, 4) is 0 Å². The van der Waals surface area contributed by atoms with Gasteiger partial charge in [0.05, 0.1) is 0 Å². The van der Waals surface area contributed by atoms with Crippen LogP contribution in [-0.2, 0) is 0 Å². The zero-order valence-electron chi connectivity index (χ0n) is 9.78. The van der Waals surface area contributed by atoms with Crippen molar-refractivity contribution in [2.75, 3.05) is 0 Å². The average molecular weight is 261 g/mol. The maximum atomic E-state index is 3.77. The van der Waals surface area contributed by atoms with Gasteiger partial charge in [0, 0.05) is 0 Å². The van der Waals surface area contributed by atoms with Crippen LogP contribution < -0.4 is 0 Å². The lowest BCUT2D eigenvalue weighted by Gasteiger charge is -2.09. The number of hydrogen-bond acceptors (Lipinski definition) is 0. The van der Waals surface area contributed by atoms with Crippen molar-refractivity contribution >= 4 is 24.8 Å².